The van der Waals surface area contributed by atoms with Crippen LogP contribution >= 0.6 is 22.9 Å². The first-order valence-corrected chi connectivity index (χ1v) is 9.54. The zero-order valence-electron chi connectivity index (χ0n) is 14.5. The summed E-state index contributed by atoms with van der Waals surface area (Å²) < 4.78 is 0. The lowest BCUT2D eigenvalue weighted by atomic mass is 10.0. The van der Waals surface area contributed by atoms with E-state index < -0.39 is 0 Å². The van der Waals surface area contributed by atoms with Gasteiger partial charge < -0.3 is 4.98 Å². The molecule has 0 radical (unpaired) electrons. The summed E-state index contributed by atoms with van der Waals surface area (Å²) in [6.45, 7) is 4.09. The monoisotopic (exact) mass is 380 g/mol. The summed E-state index contributed by atoms with van der Waals surface area (Å²) in [6.07, 6.45) is 0.544. The normalized spacial score (nSPS) is 11.2. The Balaban J connectivity index is 1.82. The molecule has 3 nitrogen and oxygen atoms in total. The third kappa shape index (κ3) is 3.18. The van der Waals surface area contributed by atoms with Crippen molar-refractivity contribution in [2.45, 2.75) is 20.3 Å². The van der Waals surface area contributed by atoms with E-state index in [1.54, 1.807) is 11.3 Å². The molecule has 4 aromatic rings. The molecule has 0 atom stereocenters. The maximum atomic E-state index is 12.8. The van der Waals surface area contributed by atoms with Crippen molar-refractivity contribution in [3.05, 3.63) is 85.7 Å². The third-order valence-corrected chi connectivity index (χ3v) is 5.62. The Kier molecular flexibility index (Phi) is 4.39. The lowest BCUT2D eigenvalue weighted by Crippen LogP contribution is -2.11. The minimum Gasteiger partial charge on any atom is -0.310 e. The van der Waals surface area contributed by atoms with Crippen LogP contribution in [0.2, 0.25) is 5.02 Å². The van der Waals surface area contributed by atoms with Gasteiger partial charge in [-0.1, -0.05) is 53.6 Å². The van der Waals surface area contributed by atoms with E-state index in [9.17, 15) is 4.79 Å². The highest BCUT2D eigenvalue weighted by atomic mass is 35.5. The molecule has 0 fully saturated rings. The van der Waals surface area contributed by atoms with Crippen molar-refractivity contribution < 1.29 is 0 Å². The number of hydrogen-bond donors (Lipinski definition) is 1. The van der Waals surface area contributed by atoms with Gasteiger partial charge in [0.25, 0.3) is 5.56 Å². The average molecular weight is 381 g/mol. The van der Waals surface area contributed by atoms with Crippen LogP contribution in [0.15, 0.2) is 53.3 Å². The number of aryl methyl sites for hydroxylation is 2. The van der Waals surface area contributed by atoms with Gasteiger partial charge in [0.15, 0.2) is 0 Å². The van der Waals surface area contributed by atoms with Gasteiger partial charge in [-0.15, -0.1) is 11.3 Å². The number of thiophene rings is 1. The Morgan fingerprint density at radius 1 is 1.12 bits per heavy atom. The van der Waals surface area contributed by atoms with Crippen LogP contribution in [-0.2, 0) is 6.42 Å². The van der Waals surface area contributed by atoms with Gasteiger partial charge in [-0.25, -0.2) is 4.98 Å². The molecule has 0 saturated heterocycles. The highest BCUT2D eigenvalue weighted by molar-refractivity contribution is 7.19. The number of halogens is 1. The molecule has 0 aliphatic carbocycles. The van der Waals surface area contributed by atoms with E-state index in [2.05, 4.69) is 36.2 Å². The molecule has 0 saturated carbocycles. The second-order valence-corrected chi connectivity index (χ2v) is 8.04. The van der Waals surface area contributed by atoms with Gasteiger partial charge in [-0.2, -0.15) is 0 Å². The van der Waals surface area contributed by atoms with Gasteiger partial charge in [0.1, 0.15) is 10.7 Å². The lowest BCUT2D eigenvalue weighted by molar-refractivity contribution is 0.977. The first kappa shape index (κ1) is 17.0. The first-order valence-electron chi connectivity index (χ1n) is 8.35. The Morgan fingerprint density at radius 2 is 1.88 bits per heavy atom. The van der Waals surface area contributed by atoms with Crippen LogP contribution in [0.3, 0.4) is 0 Å². The SMILES string of the molecule is Cc1ccc(-c2c(C)sc3nc(Cc4cccc(Cl)c4)[nH]c(=O)c23)cc1. The molecule has 26 heavy (non-hydrogen) atoms. The van der Waals surface area contributed by atoms with Crippen molar-refractivity contribution >= 4 is 33.2 Å². The fraction of sp³-hybridized carbons (Fsp3) is 0.143. The predicted octanol–water partition coefficient (Wildman–Crippen LogP) is 5.51. The summed E-state index contributed by atoms with van der Waals surface area (Å²) in [4.78, 5) is 22.3. The minimum atomic E-state index is -0.0908. The number of aromatic amines is 1. The van der Waals surface area contributed by atoms with E-state index in [0.29, 0.717) is 22.7 Å². The molecule has 2 heterocycles. The maximum absolute atomic E-state index is 12.8. The summed E-state index contributed by atoms with van der Waals surface area (Å²) in [6, 6.07) is 15.9. The maximum Gasteiger partial charge on any atom is 0.260 e. The zero-order chi connectivity index (χ0) is 18.3. The van der Waals surface area contributed by atoms with E-state index in [1.807, 2.05) is 31.2 Å². The number of hydrogen-bond acceptors (Lipinski definition) is 3. The molecule has 130 valence electrons. The second kappa shape index (κ2) is 6.71. The summed E-state index contributed by atoms with van der Waals surface area (Å²) in [5.41, 5.74) is 4.16. The van der Waals surface area contributed by atoms with Crippen LogP contribution in [0.4, 0.5) is 0 Å². The van der Waals surface area contributed by atoms with E-state index in [1.165, 1.54) is 5.56 Å². The number of benzene rings is 2. The smallest absolute Gasteiger partial charge is 0.260 e. The molecule has 0 aliphatic rings. The molecule has 0 amide bonds. The van der Waals surface area contributed by atoms with E-state index >= 15 is 0 Å². The van der Waals surface area contributed by atoms with Crippen molar-refractivity contribution in [3.8, 4) is 11.1 Å². The van der Waals surface area contributed by atoms with Gasteiger partial charge in [-0.05, 0) is 37.1 Å². The van der Waals surface area contributed by atoms with Crippen molar-refractivity contribution in [1.82, 2.24) is 9.97 Å². The Bertz CT molecular complexity index is 1160. The van der Waals surface area contributed by atoms with Gasteiger partial charge in [-0.3, -0.25) is 4.79 Å². The number of fused-ring (bicyclic) bond motifs is 1. The number of nitrogens with one attached hydrogen (secondary N) is 1. The topological polar surface area (TPSA) is 45.8 Å². The number of nitrogens with zero attached hydrogens (tertiary/aromatic N) is 1. The van der Waals surface area contributed by atoms with Crippen LogP contribution in [0.5, 0.6) is 0 Å². The minimum absolute atomic E-state index is 0.0908. The third-order valence-electron chi connectivity index (χ3n) is 4.39. The van der Waals surface area contributed by atoms with Crippen LogP contribution in [0.1, 0.15) is 21.8 Å². The largest absolute Gasteiger partial charge is 0.310 e. The van der Waals surface area contributed by atoms with Crippen LogP contribution in [-0.4, -0.2) is 9.97 Å². The molecule has 4 rings (SSSR count). The Labute approximate surface area is 160 Å². The fourth-order valence-corrected chi connectivity index (χ4v) is 4.43. The summed E-state index contributed by atoms with van der Waals surface area (Å²) in [5, 5.41) is 1.35. The number of aromatic nitrogens is 2. The zero-order valence-corrected chi connectivity index (χ0v) is 16.0. The predicted molar refractivity (Wildman–Crippen MR) is 109 cm³/mol. The van der Waals surface area contributed by atoms with E-state index in [0.717, 1.165) is 26.4 Å². The van der Waals surface area contributed by atoms with Crippen LogP contribution < -0.4 is 5.56 Å². The first-order chi connectivity index (χ1) is 12.5. The quantitative estimate of drug-likeness (QED) is 0.509. The molecule has 0 aliphatic heterocycles. The number of H-pyrrole nitrogens is 1. The molecule has 5 heteroatoms. The Hall–Kier alpha value is -2.43. The molecule has 0 bridgehead atoms. The lowest BCUT2D eigenvalue weighted by Gasteiger charge is -2.04. The molecular weight excluding hydrogens is 364 g/mol. The fourth-order valence-electron chi connectivity index (χ4n) is 3.16. The standard InChI is InChI=1S/C21H17ClN2OS/c1-12-6-8-15(9-7-12)18-13(2)26-21-19(18)20(25)23-17(24-21)11-14-4-3-5-16(22)10-14/h3-10H,11H2,1-2H3,(H,23,24,25). The molecule has 1 N–H and O–H groups in total. The van der Waals surface area contributed by atoms with Gasteiger partial charge >= 0.3 is 0 Å². The second-order valence-electron chi connectivity index (χ2n) is 6.40. The Morgan fingerprint density at radius 3 is 2.62 bits per heavy atom. The molecule has 0 spiro atoms. The van der Waals surface area contributed by atoms with Gasteiger partial charge in [0.2, 0.25) is 0 Å². The highest BCUT2D eigenvalue weighted by Crippen LogP contribution is 2.35. The average Bonchev–Trinajstić information content (AvgIpc) is 2.92. The van der Waals surface area contributed by atoms with Crippen molar-refractivity contribution in [2.75, 3.05) is 0 Å². The molecule has 0 unspecified atom stereocenters. The molecule has 2 aromatic heterocycles. The van der Waals surface area contributed by atoms with Crippen molar-refractivity contribution in [3.63, 3.8) is 0 Å². The van der Waals surface area contributed by atoms with E-state index in [-0.39, 0.29) is 5.56 Å². The number of rotatable bonds is 3. The van der Waals surface area contributed by atoms with Crippen LogP contribution in [0, 0.1) is 13.8 Å². The van der Waals surface area contributed by atoms with Gasteiger partial charge in [0, 0.05) is 21.9 Å². The summed E-state index contributed by atoms with van der Waals surface area (Å²) in [7, 11) is 0. The molecule has 2 aromatic carbocycles. The van der Waals surface area contributed by atoms with Crippen LogP contribution in [0.25, 0.3) is 21.3 Å². The molecular formula is C21H17ClN2OS. The van der Waals surface area contributed by atoms with Gasteiger partial charge in [0.05, 0.1) is 5.39 Å². The summed E-state index contributed by atoms with van der Waals surface area (Å²) in [5.74, 6) is 0.654. The van der Waals surface area contributed by atoms with E-state index in [4.69, 9.17) is 16.6 Å². The summed E-state index contributed by atoms with van der Waals surface area (Å²) >= 11 is 7.61. The van der Waals surface area contributed by atoms with Crippen molar-refractivity contribution in [2.24, 2.45) is 0 Å². The highest BCUT2D eigenvalue weighted by Gasteiger charge is 2.16. The van der Waals surface area contributed by atoms with Crippen molar-refractivity contribution in [1.29, 1.82) is 0 Å².